The van der Waals surface area contributed by atoms with Gasteiger partial charge < -0.3 is 0 Å². The van der Waals surface area contributed by atoms with Crippen molar-refractivity contribution in [3.8, 4) is 0 Å². The Morgan fingerprint density at radius 1 is 1.00 bits per heavy atom. The fourth-order valence-corrected chi connectivity index (χ4v) is 0. The van der Waals surface area contributed by atoms with Crippen molar-refractivity contribution in [1.82, 2.24) is 0 Å². The summed E-state index contributed by atoms with van der Waals surface area (Å²) in [6.07, 6.45) is 0. The van der Waals surface area contributed by atoms with Crippen molar-refractivity contribution in [2.24, 2.45) is 0 Å². The molecule has 4 radical (unpaired) electrons. The van der Waals surface area contributed by atoms with Crippen molar-refractivity contribution in [2.45, 2.75) is 0 Å². The predicted octanol–water partition coefficient (Wildman–Crippen LogP) is -0.706. The topological polar surface area (TPSA) is 0 Å². The van der Waals surface area contributed by atoms with Crippen LogP contribution in [-0.4, -0.2) is 36.2 Å². The molecule has 0 aromatic carbocycles. The zero-order chi connectivity index (χ0) is 0. The first kappa shape index (κ1) is 33.7. The Hall–Kier alpha value is 2.27. The summed E-state index contributed by atoms with van der Waals surface area (Å²) in [4.78, 5) is 0. The Kier molecular flexibility index (Phi) is 157. The van der Waals surface area contributed by atoms with E-state index < -0.39 is 0 Å². The quantitative estimate of drug-likeness (QED) is 0.289. The summed E-state index contributed by atoms with van der Waals surface area (Å²) in [5, 5.41) is 0. The maximum atomic E-state index is 0. The van der Waals surface area contributed by atoms with E-state index in [1.54, 1.807) is 0 Å². The summed E-state index contributed by atoms with van der Waals surface area (Å²) in [5.74, 6) is 0. The molecule has 0 nitrogen and oxygen atoms in total. The normalized spacial score (nSPS) is 0. The van der Waals surface area contributed by atoms with Gasteiger partial charge in [0.2, 0.25) is 0 Å². The van der Waals surface area contributed by atoms with E-state index in [9.17, 15) is 0 Å². The van der Waals surface area contributed by atoms with Crippen LogP contribution in [0, 0.1) is 0 Å². The fourth-order valence-electron chi connectivity index (χ4n) is 0. The predicted molar refractivity (Wildman–Crippen MR) is 22.6 cm³/mol. The minimum atomic E-state index is 0. The Bertz CT molecular complexity index is 8.00. The molecular formula is H3AlLiPTi. The Morgan fingerprint density at radius 2 is 1.00 bits per heavy atom. The Labute approximate surface area is 67.3 Å². The average molecular weight is 116 g/mol. The van der Waals surface area contributed by atoms with Crippen LogP contribution in [0.4, 0.5) is 0 Å². The molecule has 0 heterocycles. The summed E-state index contributed by atoms with van der Waals surface area (Å²) < 4.78 is 0. The second-order valence-corrected chi connectivity index (χ2v) is 0. The summed E-state index contributed by atoms with van der Waals surface area (Å²) in [6, 6.07) is 0. The Balaban J connectivity index is 0. The van der Waals surface area contributed by atoms with Gasteiger partial charge in [0.05, 0.1) is 0 Å². The van der Waals surface area contributed by atoms with Gasteiger partial charge >= 0.3 is 0 Å². The smallest absolute Gasteiger partial charge is 0 e. The molecule has 1 atom stereocenters. The van der Waals surface area contributed by atoms with Gasteiger partial charge in [-0.05, 0) is 0 Å². The summed E-state index contributed by atoms with van der Waals surface area (Å²) in [6.45, 7) is 0. The fraction of sp³-hybridized carbons (Fsp3) is 0. The zero-order valence-electron chi connectivity index (χ0n) is 2.78. The van der Waals surface area contributed by atoms with E-state index in [-0.39, 0.29) is 67.8 Å². The van der Waals surface area contributed by atoms with E-state index in [0.717, 1.165) is 0 Å². The van der Waals surface area contributed by atoms with Crippen LogP contribution in [0.3, 0.4) is 0 Å². The zero-order valence-corrected chi connectivity index (χ0v) is 6.91. The van der Waals surface area contributed by atoms with Gasteiger partial charge in [-0.3, -0.25) is 0 Å². The van der Waals surface area contributed by atoms with Crippen molar-refractivity contribution in [1.29, 1.82) is 0 Å². The standard InChI is InChI=1S/Al.Li.H3P.Ti/h;;1H3;. The van der Waals surface area contributed by atoms with Gasteiger partial charge in [0.25, 0.3) is 0 Å². The second kappa shape index (κ2) is 18.6. The molecule has 0 aromatic heterocycles. The van der Waals surface area contributed by atoms with Crippen LogP contribution < -0.4 is 0 Å². The van der Waals surface area contributed by atoms with Crippen molar-refractivity contribution in [2.75, 3.05) is 0 Å². The SMILES string of the molecule is P.[Al].[Li].[Ti]. The average Bonchev–Trinajstić information content (AvgIpc) is 0. The van der Waals surface area contributed by atoms with Crippen molar-refractivity contribution in [3.63, 3.8) is 0 Å². The van der Waals surface area contributed by atoms with Gasteiger partial charge in [-0.25, -0.2) is 0 Å². The third kappa shape index (κ3) is 8.86. The van der Waals surface area contributed by atoms with Gasteiger partial charge in [-0.2, -0.15) is 9.90 Å². The van der Waals surface area contributed by atoms with Crippen LogP contribution in [0.15, 0.2) is 0 Å². The number of hydrogen-bond acceptors (Lipinski definition) is 0. The molecule has 0 saturated heterocycles. The van der Waals surface area contributed by atoms with Crippen LogP contribution in [0.2, 0.25) is 0 Å². The Morgan fingerprint density at radius 3 is 1.00 bits per heavy atom. The first-order valence-electron chi connectivity index (χ1n) is 0. The molecule has 0 spiro atoms. The largest absolute Gasteiger partial charge is 0.153 e. The molecule has 0 saturated carbocycles. The molecule has 0 aromatic rings. The minimum Gasteiger partial charge on any atom is -0.153 e. The monoisotopic (exact) mass is 116 g/mol. The van der Waals surface area contributed by atoms with Gasteiger partial charge in [0.15, 0.2) is 0 Å². The van der Waals surface area contributed by atoms with Crippen LogP contribution in [0.5, 0.6) is 0 Å². The number of hydrogen-bond donors (Lipinski definition) is 0. The van der Waals surface area contributed by atoms with Crippen LogP contribution in [0.25, 0.3) is 0 Å². The van der Waals surface area contributed by atoms with Crippen LogP contribution in [0.1, 0.15) is 0 Å². The third-order valence-corrected chi connectivity index (χ3v) is 0. The van der Waals surface area contributed by atoms with E-state index in [1.165, 1.54) is 0 Å². The maximum Gasteiger partial charge on any atom is 0 e. The summed E-state index contributed by atoms with van der Waals surface area (Å²) >= 11 is 0. The molecule has 0 fully saturated rings. The van der Waals surface area contributed by atoms with Crippen LogP contribution >= 0.6 is 9.90 Å². The van der Waals surface area contributed by atoms with Crippen molar-refractivity contribution in [3.05, 3.63) is 0 Å². The molecule has 0 aliphatic carbocycles. The van der Waals surface area contributed by atoms with E-state index in [0.29, 0.717) is 0 Å². The molecule has 4 heteroatoms. The molecule has 0 bridgehead atoms. The molecule has 0 rings (SSSR count). The molecule has 0 amide bonds. The molecule has 0 N–H and O–H groups in total. The summed E-state index contributed by atoms with van der Waals surface area (Å²) in [5.41, 5.74) is 0. The minimum absolute atomic E-state index is 0. The van der Waals surface area contributed by atoms with E-state index in [4.69, 9.17) is 0 Å². The summed E-state index contributed by atoms with van der Waals surface area (Å²) in [7, 11) is 0. The van der Waals surface area contributed by atoms with E-state index in [1.807, 2.05) is 0 Å². The van der Waals surface area contributed by atoms with Gasteiger partial charge in [-0.15, -0.1) is 0 Å². The second-order valence-electron chi connectivity index (χ2n) is 0. The first-order valence-corrected chi connectivity index (χ1v) is 0. The third-order valence-electron chi connectivity index (χ3n) is 0. The van der Waals surface area contributed by atoms with Crippen LogP contribution in [-0.2, 0) is 21.7 Å². The van der Waals surface area contributed by atoms with Crippen molar-refractivity contribution < 1.29 is 21.7 Å². The van der Waals surface area contributed by atoms with Gasteiger partial charge in [0, 0.05) is 57.9 Å². The van der Waals surface area contributed by atoms with E-state index >= 15 is 0 Å². The molecule has 0 aliphatic rings. The number of rotatable bonds is 0. The maximum absolute atomic E-state index is 0. The van der Waals surface area contributed by atoms with Crippen molar-refractivity contribution >= 4 is 46.1 Å². The molecular weight excluding hydrogens is 113 g/mol. The molecule has 1 unspecified atom stereocenters. The van der Waals surface area contributed by atoms with E-state index in [2.05, 4.69) is 0 Å². The molecule has 16 valence electrons. The molecule has 0 aliphatic heterocycles. The van der Waals surface area contributed by atoms with Gasteiger partial charge in [0.1, 0.15) is 0 Å². The van der Waals surface area contributed by atoms with Gasteiger partial charge in [-0.1, -0.05) is 0 Å². The first-order chi connectivity index (χ1) is 0. The molecule has 4 heavy (non-hydrogen) atoms.